The number of non-ortho nitro benzene ring substituents is 1. The van der Waals surface area contributed by atoms with Gasteiger partial charge in [-0.3, -0.25) is 10.1 Å². The normalized spacial score (nSPS) is 19.0. The van der Waals surface area contributed by atoms with Gasteiger partial charge in [0.1, 0.15) is 6.10 Å². The molecule has 1 fully saturated rings. The van der Waals surface area contributed by atoms with Crippen molar-refractivity contribution in [3.05, 3.63) is 28.3 Å². The van der Waals surface area contributed by atoms with Gasteiger partial charge in [-0.05, 0) is 6.07 Å². The summed E-state index contributed by atoms with van der Waals surface area (Å²) in [5.74, 6) is 0.875. The third-order valence-electron chi connectivity index (χ3n) is 2.54. The van der Waals surface area contributed by atoms with E-state index in [9.17, 15) is 10.1 Å². The fourth-order valence-electron chi connectivity index (χ4n) is 1.66. The van der Waals surface area contributed by atoms with E-state index >= 15 is 0 Å². The second kappa shape index (κ2) is 5.01. The predicted octanol–water partition coefficient (Wildman–Crippen LogP) is 1.77. The second-order valence-electron chi connectivity index (χ2n) is 3.70. The van der Waals surface area contributed by atoms with Crippen molar-refractivity contribution < 1.29 is 19.1 Å². The van der Waals surface area contributed by atoms with Gasteiger partial charge in [0.05, 0.1) is 31.3 Å². The topological polar surface area (TPSA) is 70.8 Å². The first-order valence-corrected chi connectivity index (χ1v) is 5.27. The molecule has 1 aliphatic heterocycles. The molecular formula is C11H13NO5. The molecule has 0 radical (unpaired) electrons. The molecule has 0 saturated carbocycles. The maximum absolute atomic E-state index is 10.7. The number of nitrogens with zero attached hydrogens (tertiary/aromatic N) is 1. The maximum atomic E-state index is 10.7. The van der Waals surface area contributed by atoms with Crippen LogP contribution >= 0.6 is 0 Å². The van der Waals surface area contributed by atoms with Crippen molar-refractivity contribution in [2.75, 3.05) is 20.3 Å². The van der Waals surface area contributed by atoms with Gasteiger partial charge in [-0.15, -0.1) is 0 Å². The first-order chi connectivity index (χ1) is 8.20. The Kier molecular flexibility index (Phi) is 3.43. The molecule has 17 heavy (non-hydrogen) atoms. The minimum Gasteiger partial charge on any atom is -0.493 e. The molecule has 1 aliphatic rings. The quantitative estimate of drug-likeness (QED) is 0.591. The minimum absolute atomic E-state index is 0.0142. The zero-order valence-electron chi connectivity index (χ0n) is 9.42. The molecule has 0 aliphatic carbocycles. The minimum atomic E-state index is -0.461. The van der Waals surface area contributed by atoms with Gasteiger partial charge in [0, 0.05) is 12.5 Å². The predicted molar refractivity (Wildman–Crippen MR) is 59.5 cm³/mol. The van der Waals surface area contributed by atoms with E-state index in [0.717, 1.165) is 6.42 Å². The number of hydrogen-bond acceptors (Lipinski definition) is 5. The van der Waals surface area contributed by atoms with Gasteiger partial charge in [-0.1, -0.05) is 0 Å². The van der Waals surface area contributed by atoms with E-state index in [1.54, 1.807) is 0 Å². The summed E-state index contributed by atoms with van der Waals surface area (Å²) < 4.78 is 15.9. The molecular weight excluding hydrogens is 226 g/mol. The second-order valence-corrected chi connectivity index (χ2v) is 3.70. The molecule has 1 aromatic carbocycles. The molecule has 1 saturated heterocycles. The Hall–Kier alpha value is -1.82. The van der Waals surface area contributed by atoms with Crippen LogP contribution in [-0.2, 0) is 4.74 Å². The SMILES string of the molecule is COc1ccc([N+](=O)[O-])cc1O[C@H]1CCOC1. The molecule has 0 bridgehead atoms. The van der Waals surface area contributed by atoms with E-state index in [4.69, 9.17) is 14.2 Å². The standard InChI is InChI=1S/C11H13NO5/c1-15-10-3-2-8(12(13)14)6-11(10)17-9-4-5-16-7-9/h2-3,6,9H,4-5,7H2,1H3/t9-/m0/s1. The summed E-state index contributed by atoms with van der Waals surface area (Å²) in [4.78, 5) is 10.2. The molecule has 0 amide bonds. The van der Waals surface area contributed by atoms with Crippen LogP contribution in [0.4, 0.5) is 5.69 Å². The van der Waals surface area contributed by atoms with Crippen LogP contribution in [0.25, 0.3) is 0 Å². The largest absolute Gasteiger partial charge is 0.493 e. The van der Waals surface area contributed by atoms with Crippen LogP contribution in [0.2, 0.25) is 0 Å². The average molecular weight is 239 g/mol. The van der Waals surface area contributed by atoms with E-state index in [-0.39, 0.29) is 11.8 Å². The van der Waals surface area contributed by atoms with E-state index < -0.39 is 4.92 Å². The Balaban J connectivity index is 2.21. The zero-order valence-corrected chi connectivity index (χ0v) is 9.42. The van der Waals surface area contributed by atoms with Gasteiger partial charge < -0.3 is 14.2 Å². The summed E-state index contributed by atoms with van der Waals surface area (Å²) in [6.45, 7) is 1.16. The van der Waals surface area contributed by atoms with Gasteiger partial charge in [0.25, 0.3) is 5.69 Å². The van der Waals surface area contributed by atoms with Gasteiger partial charge in [0.15, 0.2) is 11.5 Å². The highest BCUT2D eigenvalue weighted by molar-refractivity contribution is 5.48. The van der Waals surface area contributed by atoms with Crippen LogP contribution in [0.5, 0.6) is 11.5 Å². The average Bonchev–Trinajstić information content (AvgIpc) is 2.81. The number of benzene rings is 1. The molecule has 6 heteroatoms. The summed E-state index contributed by atoms with van der Waals surface area (Å²) in [5.41, 5.74) is -0.0142. The van der Waals surface area contributed by atoms with Gasteiger partial charge in [-0.2, -0.15) is 0 Å². The van der Waals surface area contributed by atoms with Gasteiger partial charge in [0.2, 0.25) is 0 Å². The number of nitro benzene ring substituents is 1. The zero-order chi connectivity index (χ0) is 12.3. The molecule has 0 spiro atoms. The first kappa shape index (κ1) is 11.7. The van der Waals surface area contributed by atoms with Crippen LogP contribution in [0.3, 0.4) is 0 Å². The van der Waals surface area contributed by atoms with Crippen molar-refractivity contribution in [3.8, 4) is 11.5 Å². The highest BCUT2D eigenvalue weighted by Crippen LogP contribution is 2.32. The summed E-state index contributed by atoms with van der Waals surface area (Å²) in [6, 6.07) is 4.29. The van der Waals surface area contributed by atoms with Crippen LogP contribution in [-0.4, -0.2) is 31.4 Å². The Morgan fingerprint density at radius 1 is 1.47 bits per heavy atom. The molecule has 6 nitrogen and oxygen atoms in total. The smallest absolute Gasteiger partial charge is 0.273 e. The van der Waals surface area contributed by atoms with Crippen molar-refractivity contribution in [1.82, 2.24) is 0 Å². The van der Waals surface area contributed by atoms with E-state index in [2.05, 4.69) is 0 Å². The Morgan fingerprint density at radius 2 is 2.29 bits per heavy atom. The Labute approximate surface area is 98.2 Å². The fraction of sp³-hybridized carbons (Fsp3) is 0.455. The van der Waals surface area contributed by atoms with E-state index in [1.165, 1.54) is 25.3 Å². The molecule has 0 aromatic heterocycles. The summed E-state index contributed by atoms with van der Waals surface area (Å²) in [6.07, 6.45) is 0.720. The highest BCUT2D eigenvalue weighted by atomic mass is 16.6. The fourth-order valence-corrected chi connectivity index (χ4v) is 1.66. The highest BCUT2D eigenvalue weighted by Gasteiger charge is 2.20. The molecule has 1 aromatic rings. The third kappa shape index (κ3) is 2.65. The lowest BCUT2D eigenvalue weighted by Crippen LogP contribution is -2.16. The number of ether oxygens (including phenoxy) is 3. The van der Waals surface area contributed by atoms with Crippen LogP contribution < -0.4 is 9.47 Å². The lowest BCUT2D eigenvalue weighted by molar-refractivity contribution is -0.385. The molecule has 1 heterocycles. The lowest BCUT2D eigenvalue weighted by Gasteiger charge is -2.14. The van der Waals surface area contributed by atoms with Crippen molar-refractivity contribution in [1.29, 1.82) is 0 Å². The third-order valence-corrected chi connectivity index (χ3v) is 2.54. The van der Waals surface area contributed by atoms with Crippen LogP contribution in [0.1, 0.15) is 6.42 Å². The summed E-state index contributed by atoms with van der Waals surface area (Å²) >= 11 is 0. The molecule has 0 N–H and O–H groups in total. The summed E-state index contributed by atoms with van der Waals surface area (Å²) in [7, 11) is 1.50. The maximum Gasteiger partial charge on any atom is 0.273 e. The van der Waals surface area contributed by atoms with Crippen LogP contribution in [0, 0.1) is 10.1 Å². The number of nitro groups is 1. The lowest BCUT2D eigenvalue weighted by atomic mass is 10.2. The van der Waals surface area contributed by atoms with Gasteiger partial charge in [-0.25, -0.2) is 0 Å². The number of methoxy groups -OCH3 is 1. The summed E-state index contributed by atoms with van der Waals surface area (Å²) in [5, 5.41) is 10.7. The van der Waals surface area contributed by atoms with E-state index in [1.807, 2.05) is 0 Å². The van der Waals surface area contributed by atoms with Crippen molar-refractivity contribution in [3.63, 3.8) is 0 Å². The molecule has 1 atom stereocenters. The Bertz CT molecular complexity index is 414. The number of hydrogen-bond donors (Lipinski definition) is 0. The van der Waals surface area contributed by atoms with Crippen molar-refractivity contribution in [2.24, 2.45) is 0 Å². The van der Waals surface area contributed by atoms with Crippen molar-refractivity contribution >= 4 is 5.69 Å². The van der Waals surface area contributed by atoms with E-state index in [0.29, 0.717) is 24.7 Å². The monoisotopic (exact) mass is 239 g/mol. The van der Waals surface area contributed by atoms with Gasteiger partial charge >= 0.3 is 0 Å². The Morgan fingerprint density at radius 3 is 2.88 bits per heavy atom. The molecule has 2 rings (SSSR count). The number of rotatable bonds is 4. The van der Waals surface area contributed by atoms with Crippen molar-refractivity contribution in [2.45, 2.75) is 12.5 Å². The van der Waals surface area contributed by atoms with Crippen LogP contribution in [0.15, 0.2) is 18.2 Å². The molecule has 92 valence electrons. The first-order valence-electron chi connectivity index (χ1n) is 5.27. The molecule has 0 unspecified atom stereocenters.